The third-order valence-corrected chi connectivity index (χ3v) is 2.98. The first-order chi connectivity index (χ1) is 10.6. The molecule has 0 radical (unpaired) electrons. The number of hydrogen-bond donors (Lipinski definition) is 2. The van der Waals surface area contributed by atoms with Crippen molar-refractivity contribution < 1.29 is 19.7 Å². The Balaban J connectivity index is 2.08. The molecule has 0 saturated carbocycles. The van der Waals surface area contributed by atoms with Crippen LogP contribution in [0.3, 0.4) is 0 Å². The number of phenols is 2. The van der Waals surface area contributed by atoms with Crippen LogP contribution in [-0.2, 0) is 0 Å². The van der Waals surface area contributed by atoms with E-state index in [1.54, 1.807) is 30.3 Å². The van der Waals surface area contributed by atoms with E-state index in [2.05, 4.69) is 4.99 Å². The van der Waals surface area contributed by atoms with Crippen LogP contribution in [0.4, 0.5) is 0 Å². The summed E-state index contributed by atoms with van der Waals surface area (Å²) < 4.78 is 5.34. The van der Waals surface area contributed by atoms with Crippen molar-refractivity contribution in [2.75, 3.05) is 13.2 Å². The van der Waals surface area contributed by atoms with Crippen molar-refractivity contribution in [1.82, 2.24) is 0 Å². The fourth-order valence-corrected chi connectivity index (χ4v) is 1.91. The molecule has 2 N–H and O–H groups in total. The number of Topliss-reactive ketones (excluding diaryl/α,β-unsaturated/α-hetero) is 1. The van der Waals surface area contributed by atoms with E-state index in [0.717, 1.165) is 0 Å². The van der Waals surface area contributed by atoms with E-state index in [0.29, 0.717) is 17.9 Å². The summed E-state index contributed by atoms with van der Waals surface area (Å²) in [6.45, 7) is 2.27. The number of nitrogens with zero attached hydrogens (tertiary/aromatic N) is 1. The quantitative estimate of drug-likeness (QED) is 0.635. The third-order valence-electron chi connectivity index (χ3n) is 2.98. The molecule has 0 aliphatic rings. The third kappa shape index (κ3) is 3.85. The molecule has 0 aliphatic carbocycles. The highest BCUT2D eigenvalue weighted by Crippen LogP contribution is 2.21. The van der Waals surface area contributed by atoms with Crippen LogP contribution in [-0.4, -0.2) is 35.4 Å². The lowest BCUT2D eigenvalue weighted by Crippen LogP contribution is -2.04. The van der Waals surface area contributed by atoms with E-state index in [4.69, 9.17) is 4.74 Å². The summed E-state index contributed by atoms with van der Waals surface area (Å²) in [5, 5.41) is 19.4. The Morgan fingerprint density at radius 3 is 2.68 bits per heavy atom. The van der Waals surface area contributed by atoms with E-state index in [-0.39, 0.29) is 29.4 Å². The number of carbonyl (C=O) groups is 1. The maximum atomic E-state index is 11.9. The Kier molecular flexibility index (Phi) is 5.14. The van der Waals surface area contributed by atoms with Gasteiger partial charge in [0.2, 0.25) is 0 Å². The van der Waals surface area contributed by atoms with Gasteiger partial charge in [-0.15, -0.1) is 0 Å². The molecule has 5 nitrogen and oxygen atoms in total. The fraction of sp³-hybridized carbons (Fsp3) is 0.176. The molecule has 0 aromatic heterocycles. The lowest BCUT2D eigenvalue weighted by Gasteiger charge is -2.05. The van der Waals surface area contributed by atoms with Crippen LogP contribution in [0, 0.1) is 0 Å². The van der Waals surface area contributed by atoms with Gasteiger partial charge in [-0.05, 0) is 37.3 Å². The summed E-state index contributed by atoms with van der Waals surface area (Å²) in [5.74, 6) is 0.315. The second-order valence-electron chi connectivity index (χ2n) is 4.56. The van der Waals surface area contributed by atoms with Crippen LogP contribution in [0.1, 0.15) is 22.8 Å². The summed E-state index contributed by atoms with van der Waals surface area (Å²) in [7, 11) is 0. The van der Waals surface area contributed by atoms with E-state index in [1.807, 2.05) is 6.92 Å². The van der Waals surface area contributed by atoms with Crippen LogP contribution in [0.2, 0.25) is 0 Å². The second kappa shape index (κ2) is 7.26. The van der Waals surface area contributed by atoms with Gasteiger partial charge in [0.05, 0.1) is 12.2 Å². The maximum absolute atomic E-state index is 11.9. The molecule has 0 heterocycles. The first kappa shape index (κ1) is 15.6. The van der Waals surface area contributed by atoms with Gasteiger partial charge in [0.15, 0.2) is 5.78 Å². The number of aromatic hydroxyl groups is 2. The number of hydrogen-bond acceptors (Lipinski definition) is 5. The van der Waals surface area contributed by atoms with Gasteiger partial charge in [-0.3, -0.25) is 9.79 Å². The zero-order chi connectivity index (χ0) is 15.9. The zero-order valence-corrected chi connectivity index (χ0v) is 12.2. The molecule has 2 rings (SSSR count). The van der Waals surface area contributed by atoms with Crippen molar-refractivity contribution in [2.24, 2.45) is 4.99 Å². The van der Waals surface area contributed by atoms with Crippen molar-refractivity contribution >= 4 is 12.0 Å². The maximum Gasteiger partial charge on any atom is 0.187 e. The van der Waals surface area contributed by atoms with Gasteiger partial charge < -0.3 is 14.9 Å². The van der Waals surface area contributed by atoms with E-state index >= 15 is 0 Å². The van der Waals surface area contributed by atoms with Crippen molar-refractivity contribution in [3.63, 3.8) is 0 Å². The minimum atomic E-state index is -0.296. The number of ether oxygens (including phenoxy) is 1. The number of aliphatic imine (C=N–C) groups is 1. The minimum absolute atomic E-state index is 0.0576. The van der Waals surface area contributed by atoms with Crippen LogP contribution in [0.5, 0.6) is 17.2 Å². The molecule has 0 fully saturated rings. The molecule has 0 saturated heterocycles. The average Bonchev–Trinajstić information content (AvgIpc) is 2.51. The number of ketones is 1. The van der Waals surface area contributed by atoms with E-state index in [9.17, 15) is 15.0 Å². The highest BCUT2D eigenvalue weighted by Gasteiger charge is 2.09. The predicted octanol–water partition coefficient (Wildman–Crippen LogP) is 2.80. The topological polar surface area (TPSA) is 79.1 Å². The number of rotatable bonds is 6. The molecule has 114 valence electrons. The summed E-state index contributed by atoms with van der Waals surface area (Å²) in [4.78, 5) is 16.0. The van der Waals surface area contributed by atoms with Gasteiger partial charge in [-0.25, -0.2) is 0 Å². The van der Waals surface area contributed by atoms with Crippen LogP contribution < -0.4 is 4.74 Å². The Morgan fingerprint density at radius 2 is 1.95 bits per heavy atom. The average molecular weight is 299 g/mol. The Morgan fingerprint density at radius 1 is 1.18 bits per heavy atom. The van der Waals surface area contributed by atoms with Crippen LogP contribution >= 0.6 is 0 Å². The van der Waals surface area contributed by atoms with Gasteiger partial charge in [0.25, 0.3) is 0 Å². The minimum Gasteiger partial charge on any atom is -0.507 e. The SMILES string of the molecule is CCOc1ccc(O)c(C=NCC(=O)c2ccccc2O)c1. The van der Waals surface area contributed by atoms with Crippen molar-refractivity contribution in [2.45, 2.75) is 6.92 Å². The standard InChI is InChI=1S/C17H17NO4/c1-2-22-13-7-8-15(19)12(9-13)10-18-11-17(21)14-5-3-4-6-16(14)20/h3-10,19-20H,2,11H2,1H3. The number of phenolic OH excluding ortho intramolecular Hbond substituents is 2. The second-order valence-corrected chi connectivity index (χ2v) is 4.56. The predicted molar refractivity (Wildman–Crippen MR) is 84.2 cm³/mol. The largest absolute Gasteiger partial charge is 0.507 e. The number of benzene rings is 2. The molecule has 0 amide bonds. The van der Waals surface area contributed by atoms with Gasteiger partial charge >= 0.3 is 0 Å². The van der Waals surface area contributed by atoms with Crippen molar-refractivity contribution in [1.29, 1.82) is 0 Å². The molecule has 0 atom stereocenters. The molecular weight excluding hydrogens is 282 g/mol. The Labute approximate surface area is 128 Å². The molecule has 5 heteroatoms. The molecule has 0 spiro atoms. The highest BCUT2D eigenvalue weighted by atomic mass is 16.5. The molecule has 2 aromatic rings. The summed E-state index contributed by atoms with van der Waals surface area (Å²) in [5.41, 5.74) is 0.697. The Hall–Kier alpha value is -2.82. The molecule has 2 aromatic carbocycles. The molecule has 0 bridgehead atoms. The van der Waals surface area contributed by atoms with Crippen molar-refractivity contribution in [3.05, 3.63) is 53.6 Å². The van der Waals surface area contributed by atoms with Gasteiger partial charge in [-0.1, -0.05) is 12.1 Å². The van der Waals surface area contributed by atoms with E-state index in [1.165, 1.54) is 18.3 Å². The summed E-state index contributed by atoms with van der Waals surface area (Å²) >= 11 is 0. The first-order valence-corrected chi connectivity index (χ1v) is 6.88. The lowest BCUT2D eigenvalue weighted by molar-refractivity contribution is 0.0999. The highest BCUT2D eigenvalue weighted by molar-refractivity contribution is 6.01. The van der Waals surface area contributed by atoms with Crippen molar-refractivity contribution in [3.8, 4) is 17.2 Å². The monoisotopic (exact) mass is 299 g/mol. The summed E-state index contributed by atoms with van der Waals surface area (Å²) in [6.07, 6.45) is 1.41. The smallest absolute Gasteiger partial charge is 0.187 e. The first-order valence-electron chi connectivity index (χ1n) is 6.88. The van der Waals surface area contributed by atoms with Gasteiger partial charge in [0, 0.05) is 11.8 Å². The molecule has 22 heavy (non-hydrogen) atoms. The molecule has 0 unspecified atom stereocenters. The zero-order valence-electron chi connectivity index (χ0n) is 12.2. The lowest BCUT2D eigenvalue weighted by atomic mass is 10.1. The normalized spacial score (nSPS) is 10.8. The summed E-state index contributed by atoms with van der Waals surface area (Å²) in [6, 6.07) is 11.1. The number of carbonyl (C=O) groups excluding carboxylic acids is 1. The van der Waals surface area contributed by atoms with E-state index < -0.39 is 0 Å². The molecule has 0 aliphatic heterocycles. The van der Waals surface area contributed by atoms with Crippen LogP contribution in [0.25, 0.3) is 0 Å². The Bertz CT molecular complexity index is 695. The molecular formula is C17H17NO4. The fourth-order valence-electron chi connectivity index (χ4n) is 1.91. The van der Waals surface area contributed by atoms with Gasteiger partial charge in [-0.2, -0.15) is 0 Å². The number of para-hydroxylation sites is 1. The van der Waals surface area contributed by atoms with Crippen LogP contribution in [0.15, 0.2) is 47.5 Å². The van der Waals surface area contributed by atoms with Gasteiger partial charge in [0.1, 0.15) is 23.8 Å².